The van der Waals surface area contributed by atoms with Crippen molar-refractivity contribution in [1.82, 2.24) is 14.7 Å². The maximum atomic E-state index is 14.3. The lowest BCUT2D eigenvalue weighted by molar-refractivity contribution is -0.268. The molecule has 1 aliphatic heterocycles. The molecule has 5 nitrogen and oxygen atoms in total. The van der Waals surface area contributed by atoms with Gasteiger partial charge in [0, 0.05) is 17.8 Å². The number of β-amino-alcohol motifs (C(OH)–C–C–N with tert-alkyl or cyclic N) is 1. The third kappa shape index (κ3) is 4.01. The Labute approximate surface area is 194 Å². The van der Waals surface area contributed by atoms with Crippen LogP contribution in [0, 0.1) is 0 Å². The highest BCUT2D eigenvalue weighted by atomic mass is 19.4. The van der Waals surface area contributed by atoms with E-state index in [2.05, 4.69) is 5.10 Å². The molecule has 0 radical (unpaired) electrons. The summed E-state index contributed by atoms with van der Waals surface area (Å²) in [5, 5.41) is 15.8. The third-order valence-corrected chi connectivity index (χ3v) is 5.99. The number of allylic oxidation sites excluding steroid dienone is 4. The monoisotopic (exact) mass is 465 g/mol. The number of alkyl halides is 3. The average molecular weight is 465 g/mol. The first-order valence-corrected chi connectivity index (χ1v) is 10.8. The van der Waals surface area contributed by atoms with Crippen molar-refractivity contribution in [2.45, 2.75) is 24.6 Å². The minimum atomic E-state index is -4.91. The van der Waals surface area contributed by atoms with Crippen molar-refractivity contribution in [1.29, 1.82) is 0 Å². The van der Waals surface area contributed by atoms with Crippen LogP contribution in [-0.4, -0.2) is 32.5 Å². The van der Waals surface area contributed by atoms with Gasteiger partial charge in [-0.25, -0.2) is 4.68 Å². The molecule has 1 aromatic heterocycles. The molecule has 0 amide bonds. The minimum Gasteiger partial charge on any atom is -0.462 e. The standard InChI is InChI=1S/C26H22F3N3O2/c27-26(28,29)25(33,18-31-13-14-34-24(17-31)19-7-3-1-4-8-19)21-11-12-23-20(15-21)16-30-32(23)22-9-5-2-6-10-22/h1-3,5-7,9-17,33H,4,8,18H2. The Kier molecular flexibility index (Phi) is 5.53. The highest BCUT2D eigenvalue weighted by Gasteiger charge is 2.55. The van der Waals surface area contributed by atoms with Crippen LogP contribution in [0.5, 0.6) is 0 Å². The molecule has 3 aromatic rings. The molecule has 0 spiro atoms. The number of rotatable bonds is 5. The highest BCUT2D eigenvalue weighted by Crippen LogP contribution is 2.41. The number of hydrogen-bond donors (Lipinski definition) is 1. The fourth-order valence-electron chi connectivity index (χ4n) is 4.14. The Morgan fingerprint density at radius 3 is 2.65 bits per heavy atom. The molecular weight excluding hydrogens is 443 g/mol. The Hall–Kier alpha value is -3.78. The van der Waals surface area contributed by atoms with Crippen LogP contribution in [0.4, 0.5) is 13.2 Å². The van der Waals surface area contributed by atoms with Crippen LogP contribution in [0.25, 0.3) is 16.6 Å². The van der Waals surface area contributed by atoms with Gasteiger partial charge < -0.3 is 14.7 Å². The number of aliphatic hydroxyl groups is 1. The molecule has 2 aromatic carbocycles. The molecule has 1 unspecified atom stereocenters. The molecule has 1 atom stereocenters. The van der Waals surface area contributed by atoms with E-state index in [4.69, 9.17) is 4.74 Å². The van der Waals surface area contributed by atoms with Gasteiger partial charge >= 0.3 is 6.18 Å². The zero-order chi connectivity index (χ0) is 23.8. The van der Waals surface area contributed by atoms with E-state index in [-0.39, 0.29) is 5.56 Å². The van der Waals surface area contributed by atoms with E-state index < -0.39 is 18.3 Å². The molecule has 0 saturated heterocycles. The van der Waals surface area contributed by atoms with Gasteiger partial charge in [-0.05, 0) is 48.2 Å². The second-order valence-electron chi connectivity index (χ2n) is 8.25. The van der Waals surface area contributed by atoms with Crippen LogP contribution >= 0.6 is 0 Å². The molecule has 34 heavy (non-hydrogen) atoms. The predicted octanol–water partition coefficient (Wildman–Crippen LogP) is 5.70. The minimum absolute atomic E-state index is 0.255. The van der Waals surface area contributed by atoms with Crippen LogP contribution < -0.4 is 0 Å². The van der Waals surface area contributed by atoms with Crippen LogP contribution in [0.3, 0.4) is 0 Å². The van der Waals surface area contributed by atoms with Crippen LogP contribution in [0.2, 0.25) is 0 Å². The first kappa shape index (κ1) is 22.0. The molecule has 5 rings (SSSR count). The number of hydrogen-bond acceptors (Lipinski definition) is 4. The van der Waals surface area contributed by atoms with Crippen molar-refractivity contribution in [3.63, 3.8) is 0 Å². The molecule has 0 bridgehead atoms. The topological polar surface area (TPSA) is 50.5 Å². The third-order valence-electron chi connectivity index (χ3n) is 5.99. The lowest BCUT2D eigenvalue weighted by Gasteiger charge is -2.35. The summed E-state index contributed by atoms with van der Waals surface area (Å²) < 4.78 is 50.0. The Balaban J connectivity index is 1.49. The summed E-state index contributed by atoms with van der Waals surface area (Å²) in [5.74, 6) is 0.468. The van der Waals surface area contributed by atoms with Gasteiger partial charge in [-0.1, -0.05) is 42.5 Å². The zero-order valence-electron chi connectivity index (χ0n) is 18.1. The summed E-state index contributed by atoms with van der Waals surface area (Å²) >= 11 is 0. The van der Waals surface area contributed by atoms with E-state index in [1.54, 1.807) is 10.7 Å². The summed E-state index contributed by atoms with van der Waals surface area (Å²) in [7, 11) is 0. The normalized spacial score (nSPS) is 17.8. The molecule has 8 heteroatoms. The summed E-state index contributed by atoms with van der Waals surface area (Å²) in [4.78, 5) is 1.31. The van der Waals surface area contributed by atoms with Gasteiger partial charge in [-0.2, -0.15) is 18.3 Å². The van der Waals surface area contributed by atoms with Crippen LogP contribution in [0.15, 0.2) is 103 Å². The predicted molar refractivity (Wildman–Crippen MR) is 122 cm³/mol. The zero-order valence-corrected chi connectivity index (χ0v) is 18.1. The quantitative estimate of drug-likeness (QED) is 0.526. The second-order valence-corrected chi connectivity index (χ2v) is 8.25. The summed E-state index contributed by atoms with van der Waals surface area (Å²) in [6, 6.07) is 13.5. The largest absolute Gasteiger partial charge is 0.462 e. The highest BCUT2D eigenvalue weighted by molar-refractivity contribution is 5.81. The number of para-hydroxylation sites is 1. The molecular formula is C26H22F3N3O2. The molecule has 174 valence electrons. The van der Waals surface area contributed by atoms with E-state index in [0.29, 0.717) is 16.7 Å². The molecule has 1 N–H and O–H groups in total. The van der Waals surface area contributed by atoms with Gasteiger partial charge in [0.25, 0.3) is 0 Å². The summed E-state index contributed by atoms with van der Waals surface area (Å²) in [6.07, 6.45) is 8.14. The Bertz CT molecular complexity index is 1320. The van der Waals surface area contributed by atoms with Crippen LogP contribution in [-0.2, 0) is 10.3 Å². The van der Waals surface area contributed by atoms with Crippen molar-refractivity contribution in [2.75, 3.05) is 6.54 Å². The van der Waals surface area contributed by atoms with Gasteiger partial charge in [0.15, 0.2) is 0 Å². The summed E-state index contributed by atoms with van der Waals surface area (Å²) in [6.45, 7) is -0.721. The first-order valence-electron chi connectivity index (χ1n) is 10.8. The smallest absolute Gasteiger partial charge is 0.423 e. The number of halogens is 3. The maximum absolute atomic E-state index is 14.3. The van der Waals surface area contributed by atoms with E-state index in [0.717, 1.165) is 24.1 Å². The van der Waals surface area contributed by atoms with Crippen molar-refractivity contribution >= 4 is 10.9 Å². The molecule has 1 aliphatic carbocycles. The molecule has 0 saturated carbocycles. The average Bonchev–Trinajstić information content (AvgIpc) is 3.28. The van der Waals surface area contributed by atoms with Gasteiger partial charge in [0.1, 0.15) is 12.0 Å². The number of fused-ring (bicyclic) bond motifs is 1. The van der Waals surface area contributed by atoms with Crippen molar-refractivity contribution in [2.24, 2.45) is 0 Å². The fourth-order valence-corrected chi connectivity index (χ4v) is 4.14. The van der Waals surface area contributed by atoms with Gasteiger partial charge in [-0.3, -0.25) is 0 Å². The number of aromatic nitrogens is 2. The Morgan fingerprint density at radius 1 is 1.09 bits per heavy atom. The maximum Gasteiger partial charge on any atom is 0.423 e. The fraction of sp³-hybridized carbons (Fsp3) is 0.192. The molecule has 0 fully saturated rings. The van der Waals surface area contributed by atoms with E-state index in [1.807, 2.05) is 48.6 Å². The van der Waals surface area contributed by atoms with E-state index in [1.165, 1.54) is 41.9 Å². The van der Waals surface area contributed by atoms with Crippen molar-refractivity contribution < 1.29 is 23.0 Å². The van der Waals surface area contributed by atoms with Crippen molar-refractivity contribution in [3.8, 4) is 5.69 Å². The number of nitrogens with zero attached hydrogens (tertiary/aromatic N) is 3. The van der Waals surface area contributed by atoms with E-state index in [9.17, 15) is 18.3 Å². The first-order chi connectivity index (χ1) is 16.3. The lowest BCUT2D eigenvalue weighted by atomic mass is 9.91. The lowest BCUT2D eigenvalue weighted by Crippen LogP contribution is -2.49. The van der Waals surface area contributed by atoms with Crippen LogP contribution in [0.1, 0.15) is 18.4 Å². The molecule has 2 aliphatic rings. The van der Waals surface area contributed by atoms with Crippen molar-refractivity contribution in [3.05, 3.63) is 109 Å². The van der Waals surface area contributed by atoms with Gasteiger partial charge in [0.05, 0.1) is 23.9 Å². The summed E-state index contributed by atoms with van der Waals surface area (Å²) in [5.41, 5.74) is -1.04. The number of benzene rings is 2. The van der Waals surface area contributed by atoms with E-state index >= 15 is 0 Å². The van der Waals surface area contributed by atoms with Gasteiger partial charge in [0.2, 0.25) is 5.60 Å². The Morgan fingerprint density at radius 2 is 1.91 bits per heavy atom. The SMILES string of the molecule is OC(CN1C=COC(C2=CC=CCC2)=C1)(c1ccc2c(cnn2-c2ccccc2)c1)C(F)(F)F. The number of ether oxygens (including phenoxy) is 1. The molecule has 2 heterocycles. The second kappa shape index (κ2) is 8.53. The van der Waals surface area contributed by atoms with Gasteiger partial charge in [-0.15, -0.1) is 0 Å².